The van der Waals surface area contributed by atoms with E-state index in [0.29, 0.717) is 5.69 Å². The van der Waals surface area contributed by atoms with Crippen LogP contribution in [-0.4, -0.2) is 26.9 Å². The zero-order chi connectivity index (χ0) is 13.1. The number of nitrogens with two attached hydrogens (primary N) is 1. The molecule has 0 aliphatic heterocycles. The average molecular weight is 277 g/mol. The van der Waals surface area contributed by atoms with E-state index in [-0.39, 0.29) is 22.7 Å². The number of nitrogens with one attached hydrogen (secondary N) is 2. The third-order valence-electron chi connectivity index (χ3n) is 1.73. The molecule has 17 heavy (non-hydrogen) atoms. The molecule has 0 saturated carbocycles. The molecular weight excluding hydrogens is 262 g/mol. The van der Waals surface area contributed by atoms with Crippen molar-refractivity contribution in [2.75, 3.05) is 12.3 Å². The summed E-state index contributed by atoms with van der Waals surface area (Å²) in [5.74, 6) is -0.367. The predicted molar refractivity (Wildman–Crippen MR) is 67.2 cm³/mol. The number of anilines is 1. The van der Waals surface area contributed by atoms with Crippen LogP contribution >= 0.6 is 11.3 Å². The summed E-state index contributed by atoms with van der Waals surface area (Å²) < 4.78 is 25.7. The Morgan fingerprint density at radius 3 is 2.65 bits per heavy atom. The van der Waals surface area contributed by atoms with Gasteiger partial charge in [0, 0.05) is 17.1 Å². The standard InChI is InChI=1S/C9H15N3O3S2/c1-6(2)12-8(13)4-11-17(14,15)9-3-7(10)5-16-9/h3,5-6,11H,4,10H2,1-2H3,(H,12,13). The fourth-order valence-electron chi connectivity index (χ4n) is 1.08. The second kappa shape index (κ2) is 5.48. The van der Waals surface area contributed by atoms with E-state index in [1.165, 1.54) is 11.4 Å². The van der Waals surface area contributed by atoms with Gasteiger partial charge >= 0.3 is 0 Å². The Bertz CT molecular complexity index is 493. The fourth-order valence-corrected chi connectivity index (χ4v) is 3.18. The van der Waals surface area contributed by atoms with Crippen LogP contribution in [0.2, 0.25) is 0 Å². The molecular formula is C9H15N3O3S2. The predicted octanol–water partition coefficient (Wildman–Crippen LogP) is 0.133. The SMILES string of the molecule is CC(C)NC(=O)CNS(=O)(=O)c1cc(N)cs1. The zero-order valence-corrected chi connectivity index (χ0v) is 11.2. The highest BCUT2D eigenvalue weighted by Gasteiger charge is 2.17. The van der Waals surface area contributed by atoms with E-state index in [0.717, 1.165) is 11.3 Å². The summed E-state index contributed by atoms with van der Waals surface area (Å²) >= 11 is 1.01. The lowest BCUT2D eigenvalue weighted by Crippen LogP contribution is -2.39. The van der Waals surface area contributed by atoms with Gasteiger partial charge in [-0.25, -0.2) is 13.1 Å². The maximum Gasteiger partial charge on any atom is 0.250 e. The number of sulfonamides is 1. The molecule has 0 aliphatic rings. The van der Waals surface area contributed by atoms with Gasteiger partial charge in [-0.3, -0.25) is 4.79 Å². The van der Waals surface area contributed by atoms with Gasteiger partial charge in [-0.05, 0) is 19.9 Å². The van der Waals surface area contributed by atoms with Crippen molar-refractivity contribution in [3.05, 3.63) is 11.4 Å². The molecule has 96 valence electrons. The van der Waals surface area contributed by atoms with Crippen LogP contribution in [0.3, 0.4) is 0 Å². The second-order valence-corrected chi connectivity index (χ2v) is 6.65. The molecule has 1 heterocycles. The summed E-state index contributed by atoms with van der Waals surface area (Å²) in [5, 5.41) is 4.12. The van der Waals surface area contributed by atoms with Crippen LogP contribution in [0.1, 0.15) is 13.8 Å². The van der Waals surface area contributed by atoms with Crippen molar-refractivity contribution in [2.45, 2.75) is 24.1 Å². The summed E-state index contributed by atoms with van der Waals surface area (Å²) in [4.78, 5) is 11.3. The van der Waals surface area contributed by atoms with Gasteiger partial charge in [-0.2, -0.15) is 0 Å². The van der Waals surface area contributed by atoms with Crippen LogP contribution in [0.5, 0.6) is 0 Å². The molecule has 0 saturated heterocycles. The van der Waals surface area contributed by atoms with Crippen LogP contribution in [0.15, 0.2) is 15.7 Å². The van der Waals surface area contributed by atoms with Crippen molar-refractivity contribution >= 4 is 33.0 Å². The average Bonchev–Trinajstić information content (AvgIpc) is 2.62. The summed E-state index contributed by atoms with van der Waals surface area (Å²) in [6, 6.07) is 1.33. The van der Waals surface area contributed by atoms with Gasteiger partial charge in [0.05, 0.1) is 6.54 Å². The lowest BCUT2D eigenvalue weighted by atomic mass is 10.4. The van der Waals surface area contributed by atoms with Gasteiger partial charge in [0.15, 0.2) is 0 Å². The number of carbonyl (C=O) groups is 1. The number of nitrogen functional groups attached to an aromatic ring is 1. The van der Waals surface area contributed by atoms with Crippen molar-refractivity contribution in [3.63, 3.8) is 0 Å². The number of hydrogen-bond donors (Lipinski definition) is 3. The Kier molecular flexibility index (Phi) is 4.49. The maximum atomic E-state index is 11.7. The van der Waals surface area contributed by atoms with Gasteiger partial charge in [0.2, 0.25) is 5.91 Å². The molecule has 0 radical (unpaired) electrons. The van der Waals surface area contributed by atoms with E-state index in [9.17, 15) is 13.2 Å². The number of hydrogen-bond acceptors (Lipinski definition) is 5. The first kappa shape index (κ1) is 13.9. The number of carbonyl (C=O) groups excluding carboxylic acids is 1. The van der Waals surface area contributed by atoms with E-state index >= 15 is 0 Å². The molecule has 0 aliphatic carbocycles. The largest absolute Gasteiger partial charge is 0.398 e. The van der Waals surface area contributed by atoms with E-state index in [4.69, 9.17) is 5.73 Å². The van der Waals surface area contributed by atoms with Crippen molar-refractivity contribution in [3.8, 4) is 0 Å². The number of rotatable bonds is 5. The first-order valence-electron chi connectivity index (χ1n) is 4.94. The van der Waals surface area contributed by atoms with E-state index in [1.807, 2.05) is 0 Å². The topological polar surface area (TPSA) is 101 Å². The maximum absolute atomic E-state index is 11.7. The lowest BCUT2D eigenvalue weighted by molar-refractivity contribution is -0.120. The molecule has 4 N–H and O–H groups in total. The normalized spacial score (nSPS) is 11.7. The summed E-state index contributed by atoms with van der Waals surface area (Å²) in [5.41, 5.74) is 5.83. The third kappa shape index (κ3) is 4.33. The van der Waals surface area contributed by atoms with Crippen LogP contribution in [-0.2, 0) is 14.8 Å². The van der Waals surface area contributed by atoms with Gasteiger partial charge in [0.25, 0.3) is 10.0 Å². The van der Waals surface area contributed by atoms with Crippen LogP contribution in [0, 0.1) is 0 Å². The Balaban J connectivity index is 2.60. The fraction of sp³-hybridized carbons (Fsp3) is 0.444. The molecule has 1 rings (SSSR count). The third-order valence-corrected chi connectivity index (χ3v) is 4.59. The smallest absolute Gasteiger partial charge is 0.250 e. The first-order valence-corrected chi connectivity index (χ1v) is 7.30. The molecule has 6 nitrogen and oxygen atoms in total. The highest BCUT2D eigenvalue weighted by atomic mass is 32.2. The molecule has 8 heteroatoms. The minimum absolute atomic E-state index is 0.0237. The molecule has 0 spiro atoms. The van der Waals surface area contributed by atoms with Gasteiger partial charge in [-0.1, -0.05) is 0 Å². The van der Waals surface area contributed by atoms with E-state index in [1.54, 1.807) is 13.8 Å². The summed E-state index contributed by atoms with van der Waals surface area (Å²) in [6.07, 6.45) is 0. The molecule has 0 atom stereocenters. The second-order valence-electron chi connectivity index (χ2n) is 3.75. The monoisotopic (exact) mass is 277 g/mol. The molecule has 0 unspecified atom stereocenters. The minimum atomic E-state index is -3.64. The van der Waals surface area contributed by atoms with Crippen LogP contribution < -0.4 is 15.8 Å². The highest BCUT2D eigenvalue weighted by molar-refractivity contribution is 7.91. The highest BCUT2D eigenvalue weighted by Crippen LogP contribution is 2.20. The summed E-state index contributed by atoms with van der Waals surface area (Å²) in [6.45, 7) is 3.32. The molecule has 1 amide bonds. The van der Waals surface area contributed by atoms with E-state index < -0.39 is 10.0 Å². The van der Waals surface area contributed by atoms with Crippen LogP contribution in [0.4, 0.5) is 5.69 Å². The molecule has 1 aromatic heterocycles. The molecule has 0 bridgehead atoms. The first-order chi connectivity index (χ1) is 7.81. The van der Waals surface area contributed by atoms with Crippen molar-refractivity contribution in [1.29, 1.82) is 0 Å². The molecule has 1 aromatic rings. The number of thiophene rings is 1. The van der Waals surface area contributed by atoms with Gasteiger partial charge in [-0.15, -0.1) is 11.3 Å². The Morgan fingerprint density at radius 1 is 1.53 bits per heavy atom. The van der Waals surface area contributed by atoms with Crippen LogP contribution in [0.25, 0.3) is 0 Å². The Hall–Kier alpha value is -1.12. The van der Waals surface area contributed by atoms with E-state index in [2.05, 4.69) is 10.0 Å². The summed E-state index contributed by atoms with van der Waals surface area (Å²) in [7, 11) is -3.64. The van der Waals surface area contributed by atoms with Crippen molar-refractivity contribution in [1.82, 2.24) is 10.0 Å². The quantitative estimate of drug-likeness (QED) is 0.712. The lowest BCUT2D eigenvalue weighted by Gasteiger charge is -2.08. The molecule has 0 aromatic carbocycles. The Labute approximate surface area is 104 Å². The van der Waals surface area contributed by atoms with Crippen molar-refractivity contribution in [2.24, 2.45) is 0 Å². The minimum Gasteiger partial charge on any atom is -0.398 e. The molecule has 0 fully saturated rings. The Morgan fingerprint density at radius 2 is 2.18 bits per heavy atom. The zero-order valence-electron chi connectivity index (χ0n) is 9.56. The van der Waals surface area contributed by atoms with Gasteiger partial charge in [0.1, 0.15) is 4.21 Å². The van der Waals surface area contributed by atoms with Gasteiger partial charge < -0.3 is 11.1 Å². The number of amides is 1. The van der Waals surface area contributed by atoms with Crippen molar-refractivity contribution < 1.29 is 13.2 Å².